The minimum Gasteiger partial charge on any atom is -0.211 e. The number of nitrogens with one attached hydrogen (secondary N) is 1. The molecule has 156 valence electrons. The number of hydrogen-bond donors (Lipinski definition) is 1. The maximum atomic E-state index is 13.4. The molecule has 0 aliphatic heterocycles. The van der Waals surface area contributed by atoms with Gasteiger partial charge in [-0.1, -0.05) is 11.3 Å². The van der Waals surface area contributed by atoms with Crippen LogP contribution in [0.1, 0.15) is 16.1 Å². The number of benzene rings is 2. The first-order valence-corrected chi connectivity index (χ1v) is 11.4. The molecule has 2 aromatic carbocycles. The summed E-state index contributed by atoms with van der Waals surface area (Å²) in [7, 11) is -3.73. The predicted octanol–water partition coefficient (Wildman–Crippen LogP) is 3.87. The number of hydrogen-bond acceptors (Lipinski definition) is 5. The molecule has 0 bridgehead atoms. The highest BCUT2D eigenvalue weighted by Gasteiger charge is 2.17. The molecule has 0 amide bonds. The van der Waals surface area contributed by atoms with Crippen LogP contribution in [-0.2, 0) is 16.4 Å². The molecule has 1 N–H and O–H groups in total. The number of sulfonamides is 1. The van der Waals surface area contributed by atoms with Gasteiger partial charge in [0.05, 0.1) is 10.6 Å². The summed E-state index contributed by atoms with van der Waals surface area (Å²) in [5, 5.41) is 4.47. The van der Waals surface area contributed by atoms with Gasteiger partial charge in [-0.2, -0.15) is 4.98 Å². The molecule has 0 saturated heterocycles. The Kier molecular flexibility index (Phi) is 5.39. The van der Waals surface area contributed by atoms with Gasteiger partial charge in [0, 0.05) is 17.0 Å². The van der Waals surface area contributed by atoms with Gasteiger partial charge in [-0.15, -0.1) is 5.10 Å². The molecule has 0 aliphatic carbocycles. The summed E-state index contributed by atoms with van der Waals surface area (Å²) < 4.78 is 55.6. The van der Waals surface area contributed by atoms with Crippen LogP contribution in [0, 0.1) is 25.5 Å². The SMILES string of the molecule is Cc1cc(S(=O)(=O)NCCc2sc3nc(-c4ccc(F)cc4)nn3c2C)ccc1F. The molecule has 10 heteroatoms. The summed E-state index contributed by atoms with van der Waals surface area (Å²) >= 11 is 1.42. The Morgan fingerprint density at radius 3 is 2.50 bits per heavy atom. The van der Waals surface area contributed by atoms with Gasteiger partial charge < -0.3 is 0 Å². The number of fused-ring (bicyclic) bond motifs is 1. The van der Waals surface area contributed by atoms with Crippen molar-refractivity contribution in [1.29, 1.82) is 0 Å². The zero-order valence-electron chi connectivity index (χ0n) is 16.2. The van der Waals surface area contributed by atoms with Crippen molar-refractivity contribution < 1.29 is 17.2 Å². The molecule has 30 heavy (non-hydrogen) atoms. The Bertz CT molecular complexity index is 1330. The second-order valence-corrected chi connectivity index (χ2v) is 9.64. The van der Waals surface area contributed by atoms with E-state index in [0.29, 0.717) is 17.2 Å². The molecule has 0 spiro atoms. The molecule has 0 fully saturated rings. The molecule has 0 aliphatic rings. The van der Waals surface area contributed by atoms with Crippen LogP contribution in [0.4, 0.5) is 8.78 Å². The molecule has 2 aromatic heterocycles. The lowest BCUT2D eigenvalue weighted by Crippen LogP contribution is -2.26. The molecule has 0 saturated carbocycles. The Hall–Kier alpha value is -2.69. The van der Waals surface area contributed by atoms with Crippen LogP contribution in [0.5, 0.6) is 0 Å². The third-order valence-electron chi connectivity index (χ3n) is 4.70. The number of thiazole rings is 1. The second-order valence-electron chi connectivity index (χ2n) is 6.81. The fourth-order valence-electron chi connectivity index (χ4n) is 3.00. The lowest BCUT2D eigenvalue weighted by molar-refractivity contribution is 0.580. The Morgan fingerprint density at radius 1 is 1.10 bits per heavy atom. The van der Waals surface area contributed by atoms with Gasteiger partial charge in [0.1, 0.15) is 11.6 Å². The lowest BCUT2D eigenvalue weighted by Gasteiger charge is -2.07. The van der Waals surface area contributed by atoms with Crippen molar-refractivity contribution in [3.63, 3.8) is 0 Å². The van der Waals surface area contributed by atoms with E-state index in [9.17, 15) is 17.2 Å². The van der Waals surface area contributed by atoms with Crippen LogP contribution in [-0.4, -0.2) is 29.6 Å². The minimum absolute atomic E-state index is 0.0321. The van der Waals surface area contributed by atoms with Crippen LogP contribution in [0.25, 0.3) is 16.3 Å². The monoisotopic (exact) mass is 448 g/mol. The van der Waals surface area contributed by atoms with Gasteiger partial charge in [0.2, 0.25) is 15.0 Å². The summed E-state index contributed by atoms with van der Waals surface area (Å²) in [5.41, 5.74) is 1.86. The van der Waals surface area contributed by atoms with Crippen LogP contribution in [0.2, 0.25) is 0 Å². The standard InChI is InChI=1S/C20H18F2N4O2S2/c1-12-11-16(7-8-17(12)22)30(27,28)23-10-9-18-13(2)26-20(29-18)24-19(25-26)14-3-5-15(21)6-4-14/h3-8,11,23H,9-10H2,1-2H3. The van der Waals surface area contributed by atoms with Crippen molar-refractivity contribution in [3.8, 4) is 11.4 Å². The molecular weight excluding hydrogens is 430 g/mol. The zero-order chi connectivity index (χ0) is 21.5. The molecule has 0 unspecified atom stereocenters. The van der Waals surface area contributed by atoms with E-state index in [2.05, 4.69) is 14.8 Å². The summed E-state index contributed by atoms with van der Waals surface area (Å²) in [6.45, 7) is 3.60. The van der Waals surface area contributed by atoms with Crippen molar-refractivity contribution in [2.45, 2.75) is 25.2 Å². The molecule has 0 radical (unpaired) electrons. The Morgan fingerprint density at radius 2 is 1.83 bits per heavy atom. The third-order valence-corrected chi connectivity index (χ3v) is 7.35. The number of aromatic nitrogens is 3. The minimum atomic E-state index is -3.73. The average Bonchev–Trinajstić information content (AvgIpc) is 3.24. The van der Waals surface area contributed by atoms with E-state index in [-0.39, 0.29) is 22.8 Å². The van der Waals surface area contributed by atoms with E-state index in [4.69, 9.17) is 0 Å². The average molecular weight is 449 g/mol. The molecule has 6 nitrogen and oxygen atoms in total. The summed E-state index contributed by atoms with van der Waals surface area (Å²) in [6.07, 6.45) is 0.465. The highest BCUT2D eigenvalue weighted by Crippen LogP contribution is 2.25. The maximum absolute atomic E-state index is 13.4. The van der Waals surface area contributed by atoms with Gasteiger partial charge >= 0.3 is 0 Å². The van der Waals surface area contributed by atoms with Crippen LogP contribution in [0.3, 0.4) is 0 Å². The first kappa shape index (κ1) is 20.6. The molecule has 0 atom stereocenters. The first-order valence-electron chi connectivity index (χ1n) is 9.11. The lowest BCUT2D eigenvalue weighted by atomic mass is 10.2. The molecule has 2 heterocycles. The third kappa shape index (κ3) is 3.98. The number of halogens is 2. The number of rotatable bonds is 6. The fourth-order valence-corrected chi connectivity index (χ4v) is 5.18. The maximum Gasteiger partial charge on any atom is 0.240 e. The van der Waals surface area contributed by atoms with Crippen molar-refractivity contribution in [3.05, 3.63) is 70.2 Å². The topological polar surface area (TPSA) is 76.4 Å². The molecular formula is C20H18F2N4O2S2. The molecule has 4 rings (SSSR count). The highest BCUT2D eigenvalue weighted by molar-refractivity contribution is 7.89. The quantitative estimate of drug-likeness (QED) is 0.486. The van der Waals surface area contributed by atoms with E-state index in [1.54, 1.807) is 16.6 Å². The van der Waals surface area contributed by atoms with Gasteiger partial charge in [-0.05, 0) is 68.3 Å². The van der Waals surface area contributed by atoms with E-state index < -0.39 is 15.8 Å². The van der Waals surface area contributed by atoms with Crippen molar-refractivity contribution in [1.82, 2.24) is 19.3 Å². The predicted molar refractivity (Wildman–Crippen MR) is 111 cm³/mol. The van der Waals surface area contributed by atoms with Crippen molar-refractivity contribution in [2.24, 2.45) is 0 Å². The van der Waals surface area contributed by atoms with E-state index >= 15 is 0 Å². The zero-order valence-corrected chi connectivity index (χ0v) is 17.8. The van der Waals surface area contributed by atoms with Crippen molar-refractivity contribution >= 4 is 26.3 Å². The van der Waals surface area contributed by atoms with Gasteiger partial charge in [0.15, 0.2) is 5.82 Å². The highest BCUT2D eigenvalue weighted by atomic mass is 32.2. The van der Waals surface area contributed by atoms with Gasteiger partial charge in [-0.3, -0.25) is 0 Å². The smallest absolute Gasteiger partial charge is 0.211 e. The molecule has 4 aromatic rings. The Balaban J connectivity index is 1.48. The number of nitrogens with zero attached hydrogens (tertiary/aromatic N) is 3. The van der Waals surface area contributed by atoms with Crippen LogP contribution < -0.4 is 4.72 Å². The van der Waals surface area contributed by atoms with Crippen molar-refractivity contribution in [2.75, 3.05) is 6.54 Å². The van der Waals surface area contributed by atoms with Gasteiger partial charge in [-0.25, -0.2) is 26.4 Å². The van der Waals surface area contributed by atoms with E-state index in [1.165, 1.54) is 42.5 Å². The Labute approximate surface area is 176 Å². The number of aryl methyl sites for hydroxylation is 2. The first-order chi connectivity index (χ1) is 14.2. The van der Waals surface area contributed by atoms with Gasteiger partial charge in [0.25, 0.3) is 0 Å². The summed E-state index contributed by atoms with van der Waals surface area (Å²) in [6, 6.07) is 9.66. The normalized spacial score (nSPS) is 12.0. The summed E-state index contributed by atoms with van der Waals surface area (Å²) in [4.78, 5) is 6.15. The summed E-state index contributed by atoms with van der Waals surface area (Å²) in [5.74, 6) is -0.265. The van der Waals surface area contributed by atoms with Crippen LogP contribution >= 0.6 is 11.3 Å². The second kappa shape index (κ2) is 7.86. The van der Waals surface area contributed by atoms with E-state index in [0.717, 1.165) is 22.2 Å². The van der Waals surface area contributed by atoms with Crippen LogP contribution in [0.15, 0.2) is 47.4 Å². The fraction of sp³-hybridized carbons (Fsp3) is 0.200. The van der Waals surface area contributed by atoms with E-state index in [1.807, 2.05) is 6.92 Å². The largest absolute Gasteiger partial charge is 0.240 e.